The van der Waals surface area contributed by atoms with E-state index in [4.69, 9.17) is 27.9 Å². The molecule has 0 unspecified atom stereocenters. The van der Waals surface area contributed by atoms with Crippen LogP contribution in [-0.4, -0.2) is 24.0 Å². The van der Waals surface area contributed by atoms with E-state index in [-0.39, 0.29) is 21.6 Å². The van der Waals surface area contributed by atoms with E-state index >= 15 is 0 Å². The van der Waals surface area contributed by atoms with E-state index in [0.29, 0.717) is 37.3 Å². The lowest BCUT2D eigenvalue weighted by molar-refractivity contribution is 0.0739. The quantitative estimate of drug-likeness (QED) is 0.0753. The monoisotopic (exact) mass is 743 g/mol. The topological polar surface area (TPSA) is 96.9 Å². The Bertz CT molecular complexity index is 1860. The van der Waals surface area contributed by atoms with Crippen LogP contribution in [0.5, 0.6) is 5.75 Å². The SMILES string of the molecule is O=C(N/N=C\c1cc(Br)ccc1OC(=O)c1sc2cc(Cl)ccc2c1Cl)c1ccc(NC(=O)c2ccc(Br)cc2)cc1. The Balaban J connectivity index is 1.24. The van der Waals surface area contributed by atoms with Crippen LogP contribution >= 0.6 is 66.4 Å². The number of nitrogens with one attached hydrogen (secondary N) is 2. The van der Waals surface area contributed by atoms with Crippen LogP contribution in [0.4, 0.5) is 5.69 Å². The summed E-state index contributed by atoms with van der Waals surface area (Å²) < 4.78 is 7.99. The predicted molar refractivity (Wildman–Crippen MR) is 175 cm³/mol. The average molecular weight is 746 g/mol. The number of esters is 1. The number of ether oxygens (including phenoxy) is 1. The number of amides is 2. The van der Waals surface area contributed by atoms with Crippen LogP contribution in [0.3, 0.4) is 0 Å². The first kappa shape index (κ1) is 29.9. The highest BCUT2D eigenvalue weighted by Crippen LogP contribution is 2.37. The fourth-order valence-electron chi connectivity index (χ4n) is 3.76. The number of rotatable bonds is 7. The van der Waals surface area contributed by atoms with Gasteiger partial charge in [0.05, 0.1) is 11.2 Å². The molecule has 0 spiro atoms. The molecule has 42 heavy (non-hydrogen) atoms. The summed E-state index contributed by atoms with van der Waals surface area (Å²) in [6.07, 6.45) is 1.37. The number of nitrogens with zero attached hydrogens (tertiary/aromatic N) is 1. The van der Waals surface area contributed by atoms with Gasteiger partial charge >= 0.3 is 5.97 Å². The smallest absolute Gasteiger partial charge is 0.355 e. The lowest BCUT2D eigenvalue weighted by Crippen LogP contribution is -2.18. The zero-order valence-corrected chi connectivity index (χ0v) is 26.7. The summed E-state index contributed by atoms with van der Waals surface area (Å²) in [6, 6.07) is 23.5. The fraction of sp³-hybridized carbons (Fsp3) is 0. The van der Waals surface area contributed by atoms with Gasteiger partial charge in [0.2, 0.25) is 0 Å². The second-order valence-corrected chi connectivity index (χ2v) is 12.4. The van der Waals surface area contributed by atoms with E-state index in [9.17, 15) is 14.4 Å². The number of anilines is 1. The van der Waals surface area contributed by atoms with E-state index in [2.05, 4.69) is 47.7 Å². The first-order valence-electron chi connectivity index (χ1n) is 12.1. The highest BCUT2D eigenvalue weighted by atomic mass is 79.9. The molecule has 0 aliphatic heterocycles. The molecule has 0 saturated carbocycles. The van der Waals surface area contributed by atoms with Crippen molar-refractivity contribution < 1.29 is 19.1 Å². The summed E-state index contributed by atoms with van der Waals surface area (Å²) in [7, 11) is 0. The van der Waals surface area contributed by atoms with Gasteiger partial charge in [0.25, 0.3) is 11.8 Å². The van der Waals surface area contributed by atoms with Crippen molar-refractivity contribution in [3.05, 3.63) is 125 Å². The molecule has 1 heterocycles. The lowest BCUT2D eigenvalue weighted by Gasteiger charge is -2.08. The van der Waals surface area contributed by atoms with Gasteiger partial charge in [-0.1, -0.05) is 61.1 Å². The normalized spacial score (nSPS) is 11.0. The molecule has 0 atom stereocenters. The van der Waals surface area contributed by atoms with Crippen LogP contribution in [0, 0.1) is 0 Å². The van der Waals surface area contributed by atoms with Crippen LogP contribution < -0.4 is 15.5 Å². The zero-order chi connectivity index (χ0) is 29.8. The van der Waals surface area contributed by atoms with Gasteiger partial charge in [0.1, 0.15) is 10.6 Å². The van der Waals surface area contributed by atoms with Crippen molar-refractivity contribution in [1.29, 1.82) is 0 Å². The number of benzene rings is 4. The van der Waals surface area contributed by atoms with E-state index in [0.717, 1.165) is 9.17 Å². The molecule has 4 aromatic carbocycles. The maximum atomic E-state index is 13.0. The fourth-order valence-corrected chi connectivity index (χ4v) is 6.07. The predicted octanol–water partition coefficient (Wildman–Crippen LogP) is 8.97. The molecule has 0 bridgehead atoms. The summed E-state index contributed by atoms with van der Waals surface area (Å²) in [4.78, 5) is 38.3. The summed E-state index contributed by atoms with van der Waals surface area (Å²) in [6.45, 7) is 0. The Morgan fingerprint density at radius 2 is 1.48 bits per heavy atom. The van der Waals surface area contributed by atoms with Gasteiger partial charge in [0, 0.05) is 46.4 Å². The first-order valence-corrected chi connectivity index (χ1v) is 15.2. The molecule has 0 radical (unpaired) electrons. The second-order valence-electron chi connectivity index (χ2n) is 8.69. The molecule has 0 fully saturated rings. The summed E-state index contributed by atoms with van der Waals surface area (Å²) in [5, 5.41) is 8.35. The number of hydrogen-bond donors (Lipinski definition) is 2. The Kier molecular flexibility index (Phi) is 9.40. The van der Waals surface area contributed by atoms with E-state index in [1.165, 1.54) is 17.6 Å². The first-order chi connectivity index (χ1) is 20.2. The van der Waals surface area contributed by atoms with Gasteiger partial charge in [0.15, 0.2) is 0 Å². The highest BCUT2D eigenvalue weighted by Gasteiger charge is 2.20. The molecule has 5 aromatic rings. The van der Waals surface area contributed by atoms with Gasteiger partial charge < -0.3 is 10.1 Å². The van der Waals surface area contributed by atoms with Crippen molar-refractivity contribution in [1.82, 2.24) is 5.43 Å². The molecule has 2 amide bonds. The van der Waals surface area contributed by atoms with Gasteiger partial charge in [-0.3, -0.25) is 9.59 Å². The zero-order valence-electron chi connectivity index (χ0n) is 21.2. The Morgan fingerprint density at radius 3 is 2.21 bits per heavy atom. The molecular formula is C30H17Br2Cl2N3O4S. The minimum Gasteiger partial charge on any atom is -0.422 e. The van der Waals surface area contributed by atoms with E-state index in [1.807, 2.05) is 0 Å². The Morgan fingerprint density at radius 1 is 0.810 bits per heavy atom. The van der Waals surface area contributed by atoms with Crippen molar-refractivity contribution in [2.24, 2.45) is 5.10 Å². The minimum absolute atomic E-state index is 0.221. The molecule has 1 aromatic heterocycles. The maximum Gasteiger partial charge on any atom is 0.355 e. The van der Waals surface area contributed by atoms with Gasteiger partial charge in [-0.15, -0.1) is 11.3 Å². The number of thiophene rings is 1. The van der Waals surface area contributed by atoms with Crippen molar-refractivity contribution in [3.8, 4) is 5.75 Å². The molecule has 0 saturated heterocycles. The van der Waals surface area contributed by atoms with Gasteiger partial charge in [-0.2, -0.15) is 5.10 Å². The molecule has 5 rings (SSSR count). The molecular weight excluding hydrogens is 729 g/mol. The van der Waals surface area contributed by atoms with E-state index < -0.39 is 11.9 Å². The van der Waals surface area contributed by atoms with Crippen LogP contribution in [0.15, 0.2) is 99.0 Å². The number of hydrogen-bond acceptors (Lipinski definition) is 6. The molecule has 0 aliphatic carbocycles. The van der Waals surface area contributed by atoms with Crippen molar-refractivity contribution in [2.75, 3.05) is 5.32 Å². The number of halogens is 4. The van der Waals surface area contributed by atoms with Crippen molar-refractivity contribution in [2.45, 2.75) is 0 Å². The molecule has 0 aliphatic rings. The Labute approximate surface area is 270 Å². The maximum absolute atomic E-state index is 13.0. The summed E-state index contributed by atoms with van der Waals surface area (Å²) in [5.74, 6) is -1.15. The molecule has 12 heteroatoms. The molecule has 7 nitrogen and oxygen atoms in total. The lowest BCUT2D eigenvalue weighted by atomic mass is 10.1. The number of fused-ring (bicyclic) bond motifs is 1. The van der Waals surface area contributed by atoms with Gasteiger partial charge in [-0.25, -0.2) is 10.2 Å². The second kappa shape index (κ2) is 13.2. The number of carbonyl (C=O) groups is 3. The van der Waals surface area contributed by atoms with E-state index in [1.54, 1.807) is 84.9 Å². The van der Waals surface area contributed by atoms with Crippen LogP contribution in [0.1, 0.15) is 36.0 Å². The Hall–Kier alpha value is -3.54. The van der Waals surface area contributed by atoms with Crippen molar-refractivity contribution in [3.63, 3.8) is 0 Å². The summed E-state index contributed by atoms with van der Waals surface area (Å²) >= 11 is 20.4. The minimum atomic E-state index is -0.634. The number of carbonyl (C=O) groups excluding carboxylic acids is 3. The largest absolute Gasteiger partial charge is 0.422 e. The summed E-state index contributed by atoms with van der Waals surface area (Å²) in [5.41, 5.74) is 4.25. The van der Waals surface area contributed by atoms with Crippen LogP contribution in [0.25, 0.3) is 10.1 Å². The van der Waals surface area contributed by atoms with Crippen LogP contribution in [0.2, 0.25) is 10.0 Å². The molecule has 2 N–H and O–H groups in total. The standard InChI is InChI=1S/C30H17Br2Cl2N3O4S/c31-19-5-1-16(2-6-19)28(38)36-22-9-3-17(4-10-22)29(39)37-35-15-18-13-20(32)7-12-24(18)41-30(40)27-26(34)23-11-8-21(33)14-25(23)42-27/h1-15H,(H,36,38)(H,37,39)/b35-15-. The van der Waals surface area contributed by atoms with Crippen molar-refractivity contribution >= 4 is 106 Å². The third-order valence-electron chi connectivity index (χ3n) is 5.83. The van der Waals surface area contributed by atoms with Gasteiger partial charge in [-0.05, 0) is 78.9 Å². The number of hydrazone groups is 1. The highest BCUT2D eigenvalue weighted by molar-refractivity contribution is 9.10. The molecule has 210 valence electrons. The third kappa shape index (κ3) is 7.08. The average Bonchev–Trinajstić information content (AvgIpc) is 3.30. The third-order valence-corrected chi connectivity index (χ3v) is 8.73. The van der Waals surface area contributed by atoms with Crippen LogP contribution in [-0.2, 0) is 0 Å².